The molecule has 5 nitrogen and oxygen atoms in total. The Morgan fingerprint density at radius 1 is 1.05 bits per heavy atom. The SMILES string of the molecule is CCCCCCC(C(=O)OCC)C(C#N)(CC)C(=O)OCC. The maximum atomic E-state index is 12.3. The molecule has 0 saturated carbocycles. The van der Waals surface area contributed by atoms with Crippen molar-refractivity contribution < 1.29 is 19.1 Å². The summed E-state index contributed by atoms with van der Waals surface area (Å²) in [5.74, 6) is -1.86. The van der Waals surface area contributed by atoms with Crippen LogP contribution in [-0.4, -0.2) is 25.2 Å². The molecule has 0 bridgehead atoms. The maximum absolute atomic E-state index is 12.3. The molecule has 0 heterocycles. The van der Waals surface area contributed by atoms with Crippen molar-refractivity contribution in [1.29, 1.82) is 5.26 Å². The minimum absolute atomic E-state index is 0.188. The highest BCUT2D eigenvalue weighted by molar-refractivity contribution is 5.87. The van der Waals surface area contributed by atoms with Gasteiger partial charge in [0.1, 0.15) is 0 Å². The van der Waals surface area contributed by atoms with E-state index in [1.807, 2.05) is 0 Å². The van der Waals surface area contributed by atoms with E-state index in [2.05, 4.69) is 13.0 Å². The molecule has 0 radical (unpaired) electrons. The lowest BCUT2D eigenvalue weighted by molar-refractivity contribution is -0.166. The van der Waals surface area contributed by atoms with Gasteiger partial charge in [-0.3, -0.25) is 9.59 Å². The summed E-state index contributed by atoms with van der Waals surface area (Å²) in [7, 11) is 0. The van der Waals surface area contributed by atoms with Crippen LogP contribution in [0.4, 0.5) is 0 Å². The monoisotopic (exact) mass is 311 g/mol. The van der Waals surface area contributed by atoms with Crippen molar-refractivity contribution in [3.8, 4) is 6.07 Å². The van der Waals surface area contributed by atoms with E-state index < -0.39 is 23.3 Å². The van der Waals surface area contributed by atoms with E-state index in [1.165, 1.54) is 0 Å². The van der Waals surface area contributed by atoms with E-state index in [9.17, 15) is 14.9 Å². The fourth-order valence-electron chi connectivity index (χ4n) is 2.58. The number of nitrogens with zero attached hydrogens (tertiary/aromatic N) is 1. The Balaban J connectivity index is 5.32. The van der Waals surface area contributed by atoms with Gasteiger partial charge in [0.05, 0.1) is 25.2 Å². The van der Waals surface area contributed by atoms with Gasteiger partial charge in [-0.2, -0.15) is 5.26 Å². The van der Waals surface area contributed by atoms with Gasteiger partial charge >= 0.3 is 11.9 Å². The van der Waals surface area contributed by atoms with E-state index in [4.69, 9.17) is 9.47 Å². The smallest absolute Gasteiger partial charge is 0.327 e. The molecular formula is C17H29NO4. The van der Waals surface area contributed by atoms with Gasteiger partial charge in [0.25, 0.3) is 0 Å². The molecular weight excluding hydrogens is 282 g/mol. The Morgan fingerprint density at radius 3 is 2.14 bits per heavy atom. The second kappa shape index (κ2) is 11.1. The predicted octanol–water partition coefficient (Wildman–Crippen LogP) is 3.62. The van der Waals surface area contributed by atoms with Crippen LogP contribution in [0.5, 0.6) is 0 Å². The minimum Gasteiger partial charge on any atom is -0.466 e. The number of esters is 2. The molecule has 0 aromatic carbocycles. The van der Waals surface area contributed by atoms with Crippen LogP contribution in [0.2, 0.25) is 0 Å². The number of rotatable bonds is 11. The number of carbonyl (C=O) groups excluding carboxylic acids is 2. The second-order valence-electron chi connectivity index (χ2n) is 5.31. The molecule has 2 unspecified atom stereocenters. The van der Waals surface area contributed by atoms with Crippen LogP contribution in [0.15, 0.2) is 0 Å². The highest BCUT2D eigenvalue weighted by Crippen LogP contribution is 2.37. The largest absolute Gasteiger partial charge is 0.466 e. The molecule has 0 rings (SSSR count). The van der Waals surface area contributed by atoms with Gasteiger partial charge in [-0.15, -0.1) is 0 Å². The lowest BCUT2D eigenvalue weighted by Crippen LogP contribution is -2.43. The normalized spacial score (nSPS) is 14.5. The lowest BCUT2D eigenvalue weighted by Gasteiger charge is -2.30. The topological polar surface area (TPSA) is 76.4 Å². The molecule has 0 aromatic heterocycles. The van der Waals surface area contributed by atoms with Crippen molar-refractivity contribution >= 4 is 11.9 Å². The number of ether oxygens (including phenoxy) is 2. The number of hydrogen-bond donors (Lipinski definition) is 0. The van der Waals surface area contributed by atoms with Crippen LogP contribution < -0.4 is 0 Å². The first kappa shape index (κ1) is 20.4. The van der Waals surface area contributed by atoms with E-state index in [1.54, 1.807) is 20.8 Å². The highest BCUT2D eigenvalue weighted by atomic mass is 16.5. The van der Waals surface area contributed by atoms with Gasteiger partial charge in [-0.25, -0.2) is 0 Å². The Morgan fingerprint density at radius 2 is 1.68 bits per heavy atom. The van der Waals surface area contributed by atoms with Gasteiger partial charge in [-0.1, -0.05) is 39.5 Å². The van der Waals surface area contributed by atoms with E-state index in [0.717, 1.165) is 25.7 Å². The molecule has 5 heteroatoms. The fraction of sp³-hybridized carbons (Fsp3) is 0.824. The molecule has 0 N–H and O–H groups in total. The summed E-state index contributed by atoms with van der Waals surface area (Å²) in [6.07, 6.45) is 4.62. The molecule has 0 saturated heterocycles. The Bertz CT molecular complexity index is 389. The van der Waals surface area contributed by atoms with Crippen LogP contribution in [-0.2, 0) is 19.1 Å². The molecule has 2 atom stereocenters. The van der Waals surface area contributed by atoms with Crippen LogP contribution in [0.3, 0.4) is 0 Å². The Hall–Kier alpha value is -1.57. The van der Waals surface area contributed by atoms with Crippen molar-refractivity contribution in [2.75, 3.05) is 13.2 Å². The highest BCUT2D eigenvalue weighted by Gasteiger charge is 2.50. The van der Waals surface area contributed by atoms with E-state index in [-0.39, 0.29) is 19.6 Å². The molecule has 126 valence electrons. The molecule has 0 aliphatic heterocycles. The third-order valence-electron chi connectivity index (χ3n) is 3.91. The average Bonchev–Trinajstić information content (AvgIpc) is 2.51. The summed E-state index contributed by atoms with van der Waals surface area (Å²) < 4.78 is 10.2. The first-order valence-corrected chi connectivity index (χ1v) is 8.29. The van der Waals surface area contributed by atoms with Crippen LogP contribution in [0.25, 0.3) is 0 Å². The van der Waals surface area contributed by atoms with Crippen LogP contribution >= 0.6 is 0 Å². The molecule has 0 aromatic rings. The predicted molar refractivity (Wildman–Crippen MR) is 83.9 cm³/mol. The van der Waals surface area contributed by atoms with Gasteiger partial charge in [0, 0.05) is 0 Å². The summed E-state index contributed by atoms with van der Waals surface area (Å²) in [5, 5.41) is 9.61. The van der Waals surface area contributed by atoms with Crippen molar-refractivity contribution in [1.82, 2.24) is 0 Å². The van der Waals surface area contributed by atoms with Gasteiger partial charge in [0.15, 0.2) is 5.41 Å². The summed E-state index contributed by atoms with van der Waals surface area (Å²) in [6, 6.07) is 2.05. The third kappa shape index (κ3) is 5.32. The van der Waals surface area contributed by atoms with Crippen molar-refractivity contribution in [3.05, 3.63) is 0 Å². The minimum atomic E-state index is -1.45. The zero-order chi connectivity index (χ0) is 17.0. The van der Waals surface area contributed by atoms with Crippen LogP contribution in [0.1, 0.15) is 66.2 Å². The molecule has 22 heavy (non-hydrogen) atoms. The van der Waals surface area contributed by atoms with Gasteiger partial charge in [0.2, 0.25) is 0 Å². The van der Waals surface area contributed by atoms with Gasteiger partial charge < -0.3 is 9.47 Å². The number of unbranched alkanes of at least 4 members (excludes halogenated alkanes) is 3. The van der Waals surface area contributed by atoms with E-state index in [0.29, 0.717) is 6.42 Å². The summed E-state index contributed by atoms with van der Waals surface area (Å²) in [4.78, 5) is 24.6. The van der Waals surface area contributed by atoms with Crippen LogP contribution in [0, 0.1) is 22.7 Å². The van der Waals surface area contributed by atoms with E-state index >= 15 is 0 Å². The van der Waals surface area contributed by atoms with Crippen molar-refractivity contribution in [2.45, 2.75) is 66.2 Å². The number of nitriles is 1. The summed E-state index contributed by atoms with van der Waals surface area (Å²) in [6.45, 7) is 7.67. The molecule has 0 aliphatic carbocycles. The summed E-state index contributed by atoms with van der Waals surface area (Å²) in [5.41, 5.74) is -1.45. The first-order valence-electron chi connectivity index (χ1n) is 8.29. The Kier molecular flexibility index (Phi) is 10.3. The molecule has 0 fully saturated rings. The quantitative estimate of drug-likeness (QED) is 0.430. The molecule has 0 amide bonds. The van der Waals surface area contributed by atoms with Gasteiger partial charge in [-0.05, 0) is 26.7 Å². The fourth-order valence-corrected chi connectivity index (χ4v) is 2.58. The number of carbonyl (C=O) groups is 2. The third-order valence-corrected chi connectivity index (χ3v) is 3.91. The second-order valence-corrected chi connectivity index (χ2v) is 5.31. The first-order chi connectivity index (χ1) is 10.5. The zero-order valence-corrected chi connectivity index (χ0v) is 14.3. The maximum Gasteiger partial charge on any atom is 0.327 e. The van der Waals surface area contributed by atoms with Crippen molar-refractivity contribution in [2.24, 2.45) is 11.3 Å². The summed E-state index contributed by atoms with van der Waals surface area (Å²) >= 11 is 0. The molecule has 0 spiro atoms. The Labute approximate surface area is 134 Å². The average molecular weight is 311 g/mol. The standard InChI is InChI=1S/C17H29NO4/c1-5-9-10-11-12-14(15(19)21-7-3)17(6-2,13-18)16(20)22-8-4/h14H,5-12H2,1-4H3. The molecule has 0 aliphatic rings. The lowest BCUT2D eigenvalue weighted by atomic mass is 9.72. The zero-order valence-electron chi connectivity index (χ0n) is 14.3. The van der Waals surface area contributed by atoms with Crippen molar-refractivity contribution in [3.63, 3.8) is 0 Å². The number of hydrogen-bond acceptors (Lipinski definition) is 5.